The topological polar surface area (TPSA) is 96.7 Å². The summed E-state index contributed by atoms with van der Waals surface area (Å²) in [5, 5.41) is 4.97. The van der Waals surface area contributed by atoms with Crippen LogP contribution in [0, 0.1) is 6.92 Å². The number of hydrogen-bond donors (Lipinski definition) is 1. The van der Waals surface area contributed by atoms with Gasteiger partial charge in [0.2, 0.25) is 0 Å². The van der Waals surface area contributed by atoms with Crippen molar-refractivity contribution in [3.8, 4) is 11.5 Å². The predicted molar refractivity (Wildman–Crippen MR) is 101 cm³/mol. The number of carbonyl (C=O) groups is 1. The number of hydrogen-bond acceptors (Lipinski definition) is 7. The fourth-order valence-corrected chi connectivity index (χ4v) is 3.54. The third-order valence-electron chi connectivity index (χ3n) is 5.16. The molecule has 2 aliphatic heterocycles. The summed E-state index contributed by atoms with van der Waals surface area (Å²) in [4.78, 5) is 24.0. The number of piperazine rings is 1. The Labute approximate surface area is 161 Å². The zero-order chi connectivity index (χ0) is 19.1. The Bertz CT molecular complexity index is 1000. The van der Waals surface area contributed by atoms with E-state index in [2.05, 4.69) is 20.0 Å². The fraction of sp³-hybridized carbons (Fsp3) is 0.421. The van der Waals surface area contributed by atoms with Gasteiger partial charge in [-0.3, -0.25) is 0 Å². The van der Waals surface area contributed by atoms with E-state index in [-0.39, 0.29) is 12.2 Å². The molecule has 2 saturated heterocycles. The second kappa shape index (κ2) is 6.83. The molecule has 0 atom stereocenters. The standard InChI is InChI=1S/C19H21N5O4/c1-12-8-17(28-22-12)15-9-14-16(2-3-20-18(14)21-15)23-4-6-24(7-5-23)19(25)27-13-10-26-11-13/h2-3,8-9,13H,4-7,10-11H2,1H3,(H,20,21). The first-order chi connectivity index (χ1) is 13.7. The summed E-state index contributed by atoms with van der Waals surface area (Å²) >= 11 is 0. The SMILES string of the molecule is Cc1cc(-c2cc3c(N4CCN(C(=O)OC5COC5)CC4)ccnc3[nH]2)on1. The summed E-state index contributed by atoms with van der Waals surface area (Å²) < 4.78 is 15.8. The molecule has 5 rings (SSSR count). The van der Waals surface area contributed by atoms with Gasteiger partial charge in [-0.15, -0.1) is 0 Å². The van der Waals surface area contributed by atoms with E-state index in [1.807, 2.05) is 25.1 Å². The van der Waals surface area contributed by atoms with Crippen LogP contribution >= 0.6 is 0 Å². The number of H-pyrrole nitrogens is 1. The number of nitrogens with one attached hydrogen (secondary N) is 1. The number of fused-ring (bicyclic) bond motifs is 1. The van der Waals surface area contributed by atoms with Crippen molar-refractivity contribution in [1.82, 2.24) is 20.0 Å². The van der Waals surface area contributed by atoms with Gasteiger partial charge in [0.05, 0.1) is 24.6 Å². The lowest BCUT2D eigenvalue weighted by Crippen LogP contribution is -2.51. The summed E-state index contributed by atoms with van der Waals surface area (Å²) in [6, 6.07) is 5.93. The molecule has 9 nitrogen and oxygen atoms in total. The molecule has 3 aromatic heterocycles. The smallest absolute Gasteiger partial charge is 0.410 e. The summed E-state index contributed by atoms with van der Waals surface area (Å²) in [6.45, 7) is 5.60. The molecule has 0 spiro atoms. The molecule has 0 radical (unpaired) electrons. The van der Waals surface area contributed by atoms with E-state index in [0.717, 1.165) is 41.2 Å². The number of amides is 1. The molecule has 9 heteroatoms. The van der Waals surface area contributed by atoms with Gasteiger partial charge in [-0.1, -0.05) is 5.16 Å². The van der Waals surface area contributed by atoms with Crippen molar-refractivity contribution in [2.75, 3.05) is 44.3 Å². The molecular weight excluding hydrogens is 362 g/mol. The average molecular weight is 383 g/mol. The summed E-state index contributed by atoms with van der Waals surface area (Å²) in [5.74, 6) is 0.689. The average Bonchev–Trinajstić information content (AvgIpc) is 3.30. The second-order valence-corrected chi connectivity index (χ2v) is 7.13. The first-order valence-electron chi connectivity index (χ1n) is 9.37. The minimum absolute atomic E-state index is 0.0941. The molecular formula is C19H21N5O4. The van der Waals surface area contributed by atoms with E-state index in [1.54, 1.807) is 11.1 Å². The molecule has 2 fully saturated rings. The number of ether oxygens (including phenoxy) is 2. The molecule has 28 heavy (non-hydrogen) atoms. The van der Waals surface area contributed by atoms with Gasteiger partial charge in [-0.2, -0.15) is 0 Å². The molecule has 146 valence electrons. The lowest BCUT2D eigenvalue weighted by atomic mass is 10.2. The Morgan fingerprint density at radius 1 is 1.25 bits per heavy atom. The molecule has 2 aliphatic rings. The molecule has 1 amide bonds. The van der Waals surface area contributed by atoms with Crippen molar-refractivity contribution < 1.29 is 18.8 Å². The first-order valence-corrected chi connectivity index (χ1v) is 9.37. The number of aryl methyl sites for hydroxylation is 1. The number of carbonyl (C=O) groups excluding carboxylic acids is 1. The normalized spacial score (nSPS) is 17.8. The van der Waals surface area contributed by atoms with Gasteiger partial charge in [-0.05, 0) is 19.1 Å². The van der Waals surface area contributed by atoms with Crippen LogP contribution in [0.4, 0.5) is 10.5 Å². The fourth-order valence-electron chi connectivity index (χ4n) is 3.54. The number of anilines is 1. The lowest BCUT2D eigenvalue weighted by molar-refractivity contribution is -0.104. The monoisotopic (exact) mass is 383 g/mol. The first kappa shape index (κ1) is 17.1. The maximum Gasteiger partial charge on any atom is 0.410 e. The second-order valence-electron chi connectivity index (χ2n) is 7.13. The quantitative estimate of drug-likeness (QED) is 0.740. The van der Waals surface area contributed by atoms with Crippen LogP contribution in [0.5, 0.6) is 0 Å². The van der Waals surface area contributed by atoms with Gasteiger partial charge >= 0.3 is 6.09 Å². The van der Waals surface area contributed by atoms with Crippen molar-refractivity contribution in [2.45, 2.75) is 13.0 Å². The van der Waals surface area contributed by atoms with E-state index >= 15 is 0 Å². The third-order valence-corrected chi connectivity index (χ3v) is 5.16. The van der Waals surface area contributed by atoms with Crippen LogP contribution in [0.2, 0.25) is 0 Å². The van der Waals surface area contributed by atoms with Crippen LogP contribution in [0.25, 0.3) is 22.5 Å². The molecule has 0 aromatic carbocycles. The van der Waals surface area contributed by atoms with Gasteiger partial charge < -0.3 is 28.8 Å². The number of nitrogens with zero attached hydrogens (tertiary/aromatic N) is 4. The zero-order valence-electron chi connectivity index (χ0n) is 15.6. The van der Waals surface area contributed by atoms with Crippen LogP contribution < -0.4 is 4.90 Å². The molecule has 0 saturated carbocycles. The van der Waals surface area contributed by atoms with Gasteiger partial charge in [-0.25, -0.2) is 9.78 Å². The van der Waals surface area contributed by atoms with Crippen LogP contribution in [0.1, 0.15) is 5.69 Å². The van der Waals surface area contributed by atoms with Gasteiger partial charge in [0.25, 0.3) is 0 Å². The van der Waals surface area contributed by atoms with Crippen LogP contribution in [0.3, 0.4) is 0 Å². The predicted octanol–water partition coefficient (Wildman–Crippen LogP) is 2.18. The van der Waals surface area contributed by atoms with E-state index < -0.39 is 0 Å². The Kier molecular flexibility index (Phi) is 4.16. The Morgan fingerprint density at radius 3 is 2.75 bits per heavy atom. The molecule has 1 N–H and O–H groups in total. The minimum Gasteiger partial charge on any atom is -0.441 e. The maximum absolute atomic E-state index is 12.2. The summed E-state index contributed by atoms with van der Waals surface area (Å²) in [5.41, 5.74) is 3.57. The molecule has 0 unspecified atom stereocenters. The molecule has 0 bridgehead atoms. The highest BCUT2D eigenvalue weighted by Gasteiger charge is 2.28. The molecule has 5 heterocycles. The van der Waals surface area contributed by atoms with Crippen molar-refractivity contribution >= 4 is 22.8 Å². The maximum atomic E-state index is 12.2. The van der Waals surface area contributed by atoms with Crippen molar-refractivity contribution in [3.63, 3.8) is 0 Å². The minimum atomic E-state index is -0.252. The van der Waals surface area contributed by atoms with Crippen molar-refractivity contribution in [1.29, 1.82) is 0 Å². The lowest BCUT2D eigenvalue weighted by Gasteiger charge is -2.37. The highest BCUT2D eigenvalue weighted by atomic mass is 16.6. The van der Waals surface area contributed by atoms with Crippen LogP contribution in [0.15, 0.2) is 28.9 Å². The number of pyridine rings is 1. The van der Waals surface area contributed by atoms with E-state index in [1.165, 1.54) is 0 Å². The zero-order valence-corrected chi connectivity index (χ0v) is 15.6. The van der Waals surface area contributed by atoms with E-state index in [4.69, 9.17) is 14.0 Å². The Hall–Kier alpha value is -3.07. The van der Waals surface area contributed by atoms with Crippen molar-refractivity contribution in [3.05, 3.63) is 30.1 Å². The number of aromatic amines is 1. The summed E-state index contributed by atoms with van der Waals surface area (Å²) in [7, 11) is 0. The number of rotatable bonds is 3. The third kappa shape index (κ3) is 3.07. The van der Waals surface area contributed by atoms with Crippen molar-refractivity contribution in [2.24, 2.45) is 0 Å². The Morgan fingerprint density at radius 2 is 2.07 bits per heavy atom. The van der Waals surface area contributed by atoms with Crippen LogP contribution in [-0.2, 0) is 9.47 Å². The highest BCUT2D eigenvalue weighted by molar-refractivity contribution is 5.93. The van der Waals surface area contributed by atoms with E-state index in [0.29, 0.717) is 32.1 Å². The van der Waals surface area contributed by atoms with Gasteiger partial charge in [0.1, 0.15) is 5.65 Å². The highest BCUT2D eigenvalue weighted by Crippen LogP contribution is 2.31. The molecule has 0 aliphatic carbocycles. The Balaban J connectivity index is 1.32. The van der Waals surface area contributed by atoms with Gasteiger partial charge in [0, 0.05) is 49.5 Å². The number of aromatic nitrogens is 3. The largest absolute Gasteiger partial charge is 0.441 e. The van der Waals surface area contributed by atoms with E-state index in [9.17, 15) is 4.79 Å². The van der Waals surface area contributed by atoms with Gasteiger partial charge in [0.15, 0.2) is 11.9 Å². The molecule has 3 aromatic rings. The summed E-state index contributed by atoms with van der Waals surface area (Å²) in [6.07, 6.45) is 1.45. The van der Waals surface area contributed by atoms with Crippen LogP contribution in [-0.4, -0.2) is 71.6 Å².